The molecular weight excluding hydrogens is 272 g/mol. The molecule has 0 radical (unpaired) electrons. The largest absolute Gasteiger partial charge is 0.399 e. The monoisotopic (exact) mass is 288 g/mol. The smallest absolute Gasteiger partial charge is 0.255 e. The summed E-state index contributed by atoms with van der Waals surface area (Å²) in [5.41, 5.74) is 8.92. The molecule has 0 bridgehead atoms. The van der Waals surface area contributed by atoms with E-state index in [4.69, 9.17) is 17.3 Å². The third-order valence-corrected chi connectivity index (χ3v) is 3.39. The summed E-state index contributed by atoms with van der Waals surface area (Å²) in [7, 11) is 1.76. The van der Waals surface area contributed by atoms with Gasteiger partial charge in [0.1, 0.15) is 0 Å². The topological polar surface area (TPSA) is 46.3 Å². The van der Waals surface area contributed by atoms with Gasteiger partial charge in [-0.1, -0.05) is 41.4 Å². The number of carbonyl (C=O) groups is 1. The Morgan fingerprint density at radius 2 is 2.00 bits per heavy atom. The first-order valence-corrected chi connectivity index (χ1v) is 6.71. The van der Waals surface area contributed by atoms with Crippen molar-refractivity contribution < 1.29 is 4.79 Å². The van der Waals surface area contributed by atoms with Crippen LogP contribution in [0, 0.1) is 6.92 Å². The number of anilines is 1. The fraction of sp³-hybridized carbons (Fsp3) is 0.188. The molecule has 0 heterocycles. The van der Waals surface area contributed by atoms with Crippen LogP contribution in [-0.2, 0) is 6.54 Å². The minimum absolute atomic E-state index is 0.114. The lowest BCUT2D eigenvalue weighted by Gasteiger charge is -2.18. The van der Waals surface area contributed by atoms with E-state index in [2.05, 4.69) is 6.07 Å². The number of hydrogen-bond donors (Lipinski definition) is 1. The van der Waals surface area contributed by atoms with Gasteiger partial charge in [0.05, 0.1) is 10.6 Å². The molecule has 0 fully saturated rings. The van der Waals surface area contributed by atoms with Gasteiger partial charge in [-0.15, -0.1) is 0 Å². The number of amides is 1. The molecule has 0 aromatic heterocycles. The van der Waals surface area contributed by atoms with E-state index < -0.39 is 0 Å². The summed E-state index contributed by atoms with van der Waals surface area (Å²) in [6.07, 6.45) is 0. The second-order valence-corrected chi connectivity index (χ2v) is 5.30. The van der Waals surface area contributed by atoms with Crippen LogP contribution in [0.2, 0.25) is 5.02 Å². The van der Waals surface area contributed by atoms with Gasteiger partial charge < -0.3 is 10.6 Å². The van der Waals surface area contributed by atoms with Gasteiger partial charge >= 0.3 is 0 Å². The van der Waals surface area contributed by atoms with Gasteiger partial charge in [-0.05, 0) is 30.7 Å². The highest BCUT2D eigenvalue weighted by molar-refractivity contribution is 6.34. The lowest BCUT2D eigenvalue weighted by Crippen LogP contribution is -2.26. The van der Waals surface area contributed by atoms with E-state index in [1.54, 1.807) is 30.1 Å². The van der Waals surface area contributed by atoms with Crippen LogP contribution in [-0.4, -0.2) is 17.9 Å². The van der Waals surface area contributed by atoms with Crippen LogP contribution in [0.5, 0.6) is 0 Å². The summed E-state index contributed by atoms with van der Waals surface area (Å²) in [4.78, 5) is 14.0. The van der Waals surface area contributed by atoms with Crippen molar-refractivity contribution in [3.63, 3.8) is 0 Å². The predicted octanol–water partition coefficient (Wildman–Crippen LogP) is 3.50. The van der Waals surface area contributed by atoms with Crippen molar-refractivity contribution in [1.82, 2.24) is 4.90 Å². The van der Waals surface area contributed by atoms with E-state index in [0.717, 1.165) is 5.56 Å². The molecule has 0 aliphatic heterocycles. The van der Waals surface area contributed by atoms with Crippen LogP contribution in [0.1, 0.15) is 21.5 Å². The first-order chi connectivity index (χ1) is 9.47. The summed E-state index contributed by atoms with van der Waals surface area (Å²) in [6, 6.07) is 13.0. The predicted molar refractivity (Wildman–Crippen MR) is 82.8 cm³/mol. The second kappa shape index (κ2) is 5.97. The lowest BCUT2D eigenvalue weighted by molar-refractivity contribution is 0.0785. The molecule has 0 atom stereocenters. The first kappa shape index (κ1) is 14.4. The average Bonchev–Trinajstić information content (AvgIpc) is 2.38. The fourth-order valence-corrected chi connectivity index (χ4v) is 2.34. The number of carbonyl (C=O) groups excluding carboxylic acids is 1. The number of aryl methyl sites for hydroxylation is 1. The molecular formula is C16H17ClN2O. The molecule has 0 unspecified atom stereocenters. The fourth-order valence-electron chi connectivity index (χ4n) is 2.07. The van der Waals surface area contributed by atoms with Crippen LogP contribution in [0.3, 0.4) is 0 Å². The third kappa shape index (κ3) is 3.31. The molecule has 20 heavy (non-hydrogen) atoms. The van der Waals surface area contributed by atoms with E-state index in [0.29, 0.717) is 22.8 Å². The van der Waals surface area contributed by atoms with E-state index in [1.165, 1.54) is 5.56 Å². The maximum absolute atomic E-state index is 12.4. The SMILES string of the molecule is Cc1cccc(CN(C)C(=O)c2ccc(N)cc2Cl)c1. The zero-order chi connectivity index (χ0) is 14.7. The van der Waals surface area contributed by atoms with E-state index >= 15 is 0 Å². The van der Waals surface area contributed by atoms with E-state index in [-0.39, 0.29) is 5.91 Å². The van der Waals surface area contributed by atoms with Crippen LogP contribution in [0.15, 0.2) is 42.5 Å². The summed E-state index contributed by atoms with van der Waals surface area (Å²) in [5, 5.41) is 0.381. The molecule has 2 aromatic carbocycles. The summed E-state index contributed by atoms with van der Waals surface area (Å²) in [5.74, 6) is -0.114. The highest BCUT2D eigenvalue weighted by Gasteiger charge is 2.15. The Kier molecular flexibility index (Phi) is 4.30. The maximum Gasteiger partial charge on any atom is 0.255 e. The van der Waals surface area contributed by atoms with Gasteiger partial charge in [0.2, 0.25) is 0 Å². The number of hydrogen-bond acceptors (Lipinski definition) is 2. The lowest BCUT2D eigenvalue weighted by atomic mass is 10.1. The minimum atomic E-state index is -0.114. The van der Waals surface area contributed by atoms with Crippen molar-refractivity contribution >= 4 is 23.2 Å². The van der Waals surface area contributed by atoms with Gasteiger partial charge in [0, 0.05) is 19.3 Å². The Morgan fingerprint density at radius 1 is 1.25 bits per heavy atom. The quantitative estimate of drug-likeness (QED) is 0.879. The Balaban J connectivity index is 2.16. The number of nitrogen functional groups attached to an aromatic ring is 1. The van der Waals surface area contributed by atoms with Crippen molar-refractivity contribution in [2.75, 3.05) is 12.8 Å². The van der Waals surface area contributed by atoms with Crippen molar-refractivity contribution in [2.45, 2.75) is 13.5 Å². The van der Waals surface area contributed by atoms with Crippen molar-refractivity contribution in [3.05, 3.63) is 64.2 Å². The number of benzene rings is 2. The Bertz CT molecular complexity index is 640. The Morgan fingerprint density at radius 3 is 2.65 bits per heavy atom. The maximum atomic E-state index is 12.4. The van der Waals surface area contributed by atoms with Gasteiger partial charge in [-0.25, -0.2) is 0 Å². The van der Waals surface area contributed by atoms with Crippen molar-refractivity contribution in [2.24, 2.45) is 0 Å². The third-order valence-electron chi connectivity index (χ3n) is 3.07. The molecule has 3 nitrogen and oxygen atoms in total. The first-order valence-electron chi connectivity index (χ1n) is 6.33. The average molecular weight is 289 g/mol. The van der Waals surface area contributed by atoms with Crippen LogP contribution in [0.4, 0.5) is 5.69 Å². The zero-order valence-corrected chi connectivity index (χ0v) is 12.3. The molecule has 0 aliphatic rings. The van der Waals surface area contributed by atoms with E-state index in [9.17, 15) is 4.79 Å². The Hall–Kier alpha value is -2.00. The molecule has 2 aromatic rings. The van der Waals surface area contributed by atoms with E-state index in [1.807, 2.05) is 25.1 Å². The second-order valence-electron chi connectivity index (χ2n) is 4.89. The molecule has 4 heteroatoms. The minimum Gasteiger partial charge on any atom is -0.399 e. The van der Waals surface area contributed by atoms with Gasteiger partial charge in [0.25, 0.3) is 5.91 Å². The summed E-state index contributed by atoms with van der Waals surface area (Å²) < 4.78 is 0. The molecule has 2 rings (SSSR count). The molecule has 1 amide bonds. The normalized spacial score (nSPS) is 10.3. The number of nitrogens with two attached hydrogens (primary N) is 1. The number of nitrogens with zero attached hydrogens (tertiary/aromatic N) is 1. The van der Waals surface area contributed by atoms with Gasteiger partial charge in [-0.2, -0.15) is 0 Å². The standard InChI is InChI=1S/C16H17ClN2O/c1-11-4-3-5-12(8-11)10-19(2)16(20)14-7-6-13(18)9-15(14)17/h3-9H,10,18H2,1-2H3. The van der Waals surface area contributed by atoms with Gasteiger partial charge in [-0.3, -0.25) is 4.79 Å². The Labute approximate surface area is 124 Å². The number of rotatable bonds is 3. The number of halogens is 1. The molecule has 0 spiro atoms. The van der Waals surface area contributed by atoms with Crippen LogP contribution in [0.25, 0.3) is 0 Å². The molecule has 0 saturated carbocycles. The molecule has 0 aliphatic carbocycles. The van der Waals surface area contributed by atoms with Crippen molar-refractivity contribution in [3.8, 4) is 0 Å². The van der Waals surface area contributed by atoms with Crippen LogP contribution < -0.4 is 5.73 Å². The van der Waals surface area contributed by atoms with Gasteiger partial charge in [0.15, 0.2) is 0 Å². The van der Waals surface area contributed by atoms with Crippen LogP contribution >= 0.6 is 11.6 Å². The molecule has 104 valence electrons. The summed E-state index contributed by atoms with van der Waals surface area (Å²) in [6.45, 7) is 2.57. The summed E-state index contributed by atoms with van der Waals surface area (Å²) >= 11 is 6.07. The van der Waals surface area contributed by atoms with Crippen molar-refractivity contribution in [1.29, 1.82) is 0 Å². The zero-order valence-electron chi connectivity index (χ0n) is 11.6. The highest BCUT2D eigenvalue weighted by atomic mass is 35.5. The molecule has 2 N–H and O–H groups in total. The highest BCUT2D eigenvalue weighted by Crippen LogP contribution is 2.21. The molecule has 0 saturated heterocycles.